The molecule has 1 amide bonds. The lowest BCUT2D eigenvalue weighted by atomic mass is 10.1. The highest BCUT2D eigenvalue weighted by atomic mass is 127. The van der Waals surface area contributed by atoms with Gasteiger partial charge in [-0.1, -0.05) is 26.0 Å². The van der Waals surface area contributed by atoms with E-state index in [2.05, 4.69) is 34.1 Å². The summed E-state index contributed by atoms with van der Waals surface area (Å²) in [7, 11) is 0. The SMILES string of the molecule is CCNC(=NCc1cccc(NC(=O)CC(C)C)c1)NCCCCSC.I. The maximum absolute atomic E-state index is 11.9. The van der Waals surface area contributed by atoms with Crippen molar-refractivity contribution in [2.24, 2.45) is 10.9 Å². The number of halogens is 1. The minimum Gasteiger partial charge on any atom is -0.357 e. The highest BCUT2D eigenvalue weighted by molar-refractivity contribution is 14.0. The summed E-state index contributed by atoms with van der Waals surface area (Å²) in [6.07, 6.45) is 5.03. The van der Waals surface area contributed by atoms with Gasteiger partial charge in [0.05, 0.1) is 6.54 Å². The predicted octanol–water partition coefficient (Wildman–Crippen LogP) is 4.49. The largest absolute Gasteiger partial charge is 0.357 e. The lowest BCUT2D eigenvalue weighted by Gasteiger charge is -2.12. The van der Waals surface area contributed by atoms with Crippen molar-refractivity contribution >= 4 is 53.3 Å². The van der Waals surface area contributed by atoms with Crippen molar-refractivity contribution in [1.29, 1.82) is 0 Å². The van der Waals surface area contributed by atoms with Gasteiger partial charge in [0.1, 0.15) is 0 Å². The Hall–Kier alpha value is -0.960. The Morgan fingerprint density at radius 2 is 2.00 bits per heavy atom. The van der Waals surface area contributed by atoms with E-state index in [0.717, 1.165) is 36.7 Å². The molecule has 5 nitrogen and oxygen atoms in total. The van der Waals surface area contributed by atoms with E-state index >= 15 is 0 Å². The van der Waals surface area contributed by atoms with Crippen LogP contribution in [0.1, 0.15) is 45.6 Å². The molecular weight excluding hydrogens is 471 g/mol. The van der Waals surface area contributed by atoms with Gasteiger partial charge in [-0.05, 0) is 55.4 Å². The second-order valence-corrected chi connectivity index (χ2v) is 7.65. The minimum atomic E-state index is 0. The minimum absolute atomic E-state index is 0. The molecule has 0 saturated heterocycles. The lowest BCUT2D eigenvalue weighted by molar-refractivity contribution is -0.116. The summed E-state index contributed by atoms with van der Waals surface area (Å²) >= 11 is 1.88. The van der Waals surface area contributed by atoms with E-state index in [-0.39, 0.29) is 29.9 Å². The standard InChI is InChI=1S/C20H34N4OS.HI/c1-5-21-20(22-11-6-7-12-26-4)23-15-17-9-8-10-18(14-17)24-19(25)13-16(2)3;/h8-10,14,16H,5-7,11-13,15H2,1-4H3,(H,24,25)(H2,21,22,23);1H. The fourth-order valence-electron chi connectivity index (χ4n) is 2.42. The van der Waals surface area contributed by atoms with Crippen LogP contribution in [-0.2, 0) is 11.3 Å². The van der Waals surface area contributed by atoms with Gasteiger partial charge in [-0.25, -0.2) is 4.99 Å². The van der Waals surface area contributed by atoms with E-state index in [1.165, 1.54) is 12.2 Å². The second-order valence-electron chi connectivity index (χ2n) is 6.67. The van der Waals surface area contributed by atoms with E-state index in [0.29, 0.717) is 18.9 Å². The number of guanidine groups is 1. The van der Waals surface area contributed by atoms with Crippen molar-refractivity contribution in [2.45, 2.75) is 46.6 Å². The number of carbonyl (C=O) groups excluding carboxylic acids is 1. The summed E-state index contributed by atoms with van der Waals surface area (Å²) in [5.41, 5.74) is 1.91. The summed E-state index contributed by atoms with van der Waals surface area (Å²) in [5, 5.41) is 9.61. The smallest absolute Gasteiger partial charge is 0.224 e. The highest BCUT2D eigenvalue weighted by Crippen LogP contribution is 2.13. The van der Waals surface area contributed by atoms with E-state index in [1.54, 1.807) is 0 Å². The topological polar surface area (TPSA) is 65.5 Å². The Labute approximate surface area is 186 Å². The maximum atomic E-state index is 11.9. The zero-order chi connectivity index (χ0) is 19.2. The van der Waals surface area contributed by atoms with E-state index in [9.17, 15) is 4.79 Å². The van der Waals surface area contributed by atoms with Crippen LogP contribution in [0.2, 0.25) is 0 Å². The van der Waals surface area contributed by atoms with Gasteiger partial charge >= 0.3 is 0 Å². The van der Waals surface area contributed by atoms with Crippen molar-refractivity contribution in [3.63, 3.8) is 0 Å². The fourth-order valence-corrected chi connectivity index (χ4v) is 2.91. The van der Waals surface area contributed by atoms with Gasteiger partial charge < -0.3 is 16.0 Å². The van der Waals surface area contributed by atoms with Crippen molar-refractivity contribution in [3.8, 4) is 0 Å². The monoisotopic (exact) mass is 506 g/mol. The molecule has 0 aliphatic heterocycles. The first-order chi connectivity index (χ1) is 12.5. The van der Waals surface area contributed by atoms with Gasteiger partial charge in [-0.3, -0.25) is 4.79 Å². The van der Waals surface area contributed by atoms with Crippen LogP contribution in [0.25, 0.3) is 0 Å². The van der Waals surface area contributed by atoms with Crippen molar-refractivity contribution in [1.82, 2.24) is 10.6 Å². The van der Waals surface area contributed by atoms with Gasteiger partial charge in [0.25, 0.3) is 0 Å². The third kappa shape index (κ3) is 12.9. The van der Waals surface area contributed by atoms with Crippen LogP contribution in [0.3, 0.4) is 0 Å². The maximum Gasteiger partial charge on any atom is 0.224 e. The number of thioether (sulfide) groups is 1. The number of anilines is 1. The number of hydrogen-bond donors (Lipinski definition) is 3. The first-order valence-electron chi connectivity index (χ1n) is 9.45. The average Bonchev–Trinajstić information content (AvgIpc) is 2.59. The van der Waals surface area contributed by atoms with E-state index in [4.69, 9.17) is 0 Å². The lowest BCUT2D eigenvalue weighted by Crippen LogP contribution is -2.37. The van der Waals surface area contributed by atoms with E-state index in [1.807, 2.05) is 49.9 Å². The Bertz CT molecular complexity index is 567. The van der Waals surface area contributed by atoms with Crippen LogP contribution < -0.4 is 16.0 Å². The van der Waals surface area contributed by atoms with E-state index < -0.39 is 0 Å². The highest BCUT2D eigenvalue weighted by Gasteiger charge is 2.05. The zero-order valence-corrected chi connectivity index (χ0v) is 20.2. The van der Waals surface area contributed by atoms with Crippen LogP contribution in [0.15, 0.2) is 29.3 Å². The van der Waals surface area contributed by atoms with Crippen molar-refractivity contribution in [2.75, 3.05) is 30.4 Å². The number of nitrogens with one attached hydrogen (secondary N) is 3. The summed E-state index contributed by atoms with van der Waals surface area (Å²) in [6, 6.07) is 7.90. The molecule has 27 heavy (non-hydrogen) atoms. The summed E-state index contributed by atoms with van der Waals surface area (Å²) in [5.74, 6) is 2.45. The number of carbonyl (C=O) groups is 1. The number of hydrogen-bond acceptors (Lipinski definition) is 3. The van der Waals surface area contributed by atoms with Crippen molar-refractivity contribution < 1.29 is 4.79 Å². The fraction of sp³-hybridized carbons (Fsp3) is 0.600. The molecule has 7 heteroatoms. The molecule has 1 aromatic rings. The van der Waals surface area contributed by atoms with Gasteiger partial charge in [-0.15, -0.1) is 24.0 Å². The summed E-state index contributed by atoms with van der Waals surface area (Å²) in [6.45, 7) is 8.49. The number of benzene rings is 1. The Morgan fingerprint density at radius 3 is 2.67 bits per heavy atom. The zero-order valence-electron chi connectivity index (χ0n) is 17.0. The quantitative estimate of drug-likeness (QED) is 0.179. The first kappa shape index (κ1) is 26.0. The summed E-state index contributed by atoms with van der Waals surface area (Å²) in [4.78, 5) is 16.6. The molecule has 0 aliphatic carbocycles. The molecule has 0 fully saturated rings. The Balaban J connectivity index is 0.00000676. The molecule has 0 atom stereocenters. The third-order valence-electron chi connectivity index (χ3n) is 3.64. The molecule has 0 spiro atoms. The molecule has 3 N–H and O–H groups in total. The molecule has 0 aromatic heterocycles. The molecule has 1 rings (SSSR count). The molecule has 0 radical (unpaired) electrons. The number of rotatable bonds is 11. The van der Waals surface area contributed by atoms with Crippen LogP contribution in [-0.4, -0.2) is 37.0 Å². The average molecular weight is 506 g/mol. The van der Waals surface area contributed by atoms with Gasteiger partial charge in [0, 0.05) is 25.2 Å². The van der Waals surface area contributed by atoms with Gasteiger partial charge in [-0.2, -0.15) is 11.8 Å². The van der Waals surface area contributed by atoms with Crippen LogP contribution in [0, 0.1) is 5.92 Å². The molecular formula is C20H35IN4OS. The first-order valence-corrected chi connectivity index (χ1v) is 10.8. The number of amides is 1. The molecule has 0 bridgehead atoms. The molecule has 1 aromatic carbocycles. The Morgan fingerprint density at radius 1 is 1.22 bits per heavy atom. The second kappa shape index (κ2) is 16.0. The normalized spacial score (nSPS) is 11.1. The molecule has 0 unspecified atom stereocenters. The molecule has 0 saturated carbocycles. The Kier molecular flexibility index (Phi) is 15.5. The number of nitrogens with zero attached hydrogens (tertiary/aromatic N) is 1. The molecule has 154 valence electrons. The third-order valence-corrected chi connectivity index (χ3v) is 4.33. The van der Waals surface area contributed by atoms with Crippen LogP contribution >= 0.6 is 35.7 Å². The van der Waals surface area contributed by atoms with Gasteiger partial charge in [0.15, 0.2) is 5.96 Å². The molecule has 0 heterocycles. The van der Waals surface area contributed by atoms with Gasteiger partial charge in [0.2, 0.25) is 5.91 Å². The van der Waals surface area contributed by atoms with Crippen LogP contribution in [0.5, 0.6) is 0 Å². The summed E-state index contributed by atoms with van der Waals surface area (Å²) < 4.78 is 0. The van der Waals surface area contributed by atoms with Crippen LogP contribution in [0.4, 0.5) is 5.69 Å². The predicted molar refractivity (Wildman–Crippen MR) is 130 cm³/mol. The molecule has 0 aliphatic rings. The number of aliphatic imine (C=N–C) groups is 1. The number of unbranched alkanes of at least 4 members (excludes halogenated alkanes) is 1. The van der Waals surface area contributed by atoms with Crippen molar-refractivity contribution in [3.05, 3.63) is 29.8 Å².